The number of hydrogen-bond donors (Lipinski definition) is 0. The minimum atomic E-state index is 0.0942. The average Bonchev–Trinajstić information content (AvgIpc) is 2.58. The molecule has 0 amide bonds. The predicted molar refractivity (Wildman–Crippen MR) is 76.0 cm³/mol. The fraction of sp³-hybridized carbons (Fsp3) is 0.533. The van der Waals surface area contributed by atoms with Crippen LogP contribution in [0.15, 0.2) is 18.2 Å². The number of halogens is 1. The first-order valence-corrected chi connectivity index (χ1v) is 6.73. The average molecular weight is 263 g/mol. The van der Waals surface area contributed by atoms with E-state index in [1.807, 2.05) is 12.1 Å². The Balaban J connectivity index is 2.33. The van der Waals surface area contributed by atoms with Crippen LogP contribution < -0.4 is 4.90 Å². The van der Waals surface area contributed by atoms with Gasteiger partial charge in [-0.25, -0.2) is 0 Å². The highest BCUT2D eigenvalue weighted by Crippen LogP contribution is 2.40. The van der Waals surface area contributed by atoms with Crippen LogP contribution in [0.4, 0.5) is 5.69 Å². The van der Waals surface area contributed by atoms with Gasteiger partial charge in [0.15, 0.2) is 0 Å². The first-order chi connectivity index (χ1) is 8.45. The Morgan fingerprint density at radius 2 is 2.22 bits per heavy atom. The van der Waals surface area contributed by atoms with Gasteiger partial charge in [0.1, 0.15) is 0 Å². The van der Waals surface area contributed by atoms with Crippen molar-refractivity contribution >= 4 is 17.3 Å². The van der Waals surface area contributed by atoms with Crippen molar-refractivity contribution in [3.05, 3.63) is 28.8 Å². The molecular weight excluding hydrogens is 244 g/mol. The largest absolute Gasteiger partial charge is 0.366 e. The van der Waals surface area contributed by atoms with E-state index < -0.39 is 0 Å². The lowest BCUT2D eigenvalue weighted by atomic mass is 9.94. The molecule has 96 valence electrons. The molecule has 2 rings (SSSR count). The van der Waals surface area contributed by atoms with Crippen LogP contribution in [0.25, 0.3) is 0 Å². The molecule has 0 aromatic heterocycles. The third-order valence-corrected chi connectivity index (χ3v) is 4.28. The Morgan fingerprint density at radius 1 is 1.50 bits per heavy atom. The van der Waals surface area contributed by atoms with Gasteiger partial charge >= 0.3 is 0 Å². The maximum absolute atomic E-state index is 8.86. The van der Waals surface area contributed by atoms with Gasteiger partial charge in [-0.05, 0) is 50.8 Å². The normalized spacial score (nSPS) is 21.9. The maximum Gasteiger partial charge on any atom is 0.0625 e. The van der Waals surface area contributed by atoms with E-state index in [0.717, 1.165) is 23.6 Å². The summed E-state index contributed by atoms with van der Waals surface area (Å²) < 4.78 is 0. The topological polar surface area (TPSA) is 27.0 Å². The third-order valence-electron chi connectivity index (χ3n) is 3.87. The fourth-order valence-electron chi connectivity index (χ4n) is 2.97. The van der Waals surface area contributed by atoms with Crippen LogP contribution in [0.3, 0.4) is 0 Å². The van der Waals surface area contributed by atoms with Crippen LogP contribution in [0.5, 0.6) is 0 Å². The van der Waals surface area contributed by atoms with Gasteiger partial charge in [0.05, 0.1) is 6.07 Å². The van der Waals surface area contributed by atoms with Crippen LogP contribution >= 0.6 is 11.6 Å². The molecule has 0 spiro atoms. The molecule has 0 N–H and O–H groups in total. The van der Waals surface area contributed by atoms with E-state index in [0.29, 0.717) is 12.3 Å². The standard InChI is InChI=1S/C15H19ClN2/c1-11-13(16)5-4-6-14(11)18-10-12(7-8-17)9-15(18,2)3/h4-6,12H,7,9-10H2,1-3H3. The summed E-state index contributed by atoms with van der Waals surface area (Å²) in [4.78, 5) is 2.40. The van der Waals surface area contributed by atoms with Gasteiger partial charge in [-0.15, -0.1) is 0 Å². The van der Waals surface area contributed by atoms with Crippen molar-refractivity contribution in [2.75, 3.05) is 11.4 Å². The van der Waals surface area contributed by atoms with E-state index in [-0.39, 0.29) is 5.54 Å². The summed E-state index contributed by atoms with van der Waals surface area (Å²) in [7, 11) is 0. The summed E-state index contributed by atoms with van der Waals surface area (Å²) in [5.74, 6) is 0.461. The van der Waals surface area contributed by atoms with Gasteiger partial charge in [0, 0.05) is 29.2 Å². The van der Waals surface area contributed by atoms with Crippen molar-refractivity contribution in [3.63, 3.8) is 0 Å². The molecule has 1 aliphatic rings. The number of rotatable bonds is 2. The Morgan fingerprint density at radius 3 is 2.89 bits per heavy atom. The molecule has 0 aliphatic carbocycles. The highest BCUT2D eigenvalue weighted by molar-refractivity contribution is 6.31. The molecule has 18 heavy (non-hydrogen) atoms. The van der Waals surface area contributed by atoms with E-state index in [1.165, 1.54) is 5.69 Å². The Bertz CT molecular complexity index is 488. The van der Waals surface area contributed by atoms with Gasteiger partial charge < -0.3 is 4.90 Å². The first-order valence-electron chi connectivity index (χ1n) is 6.35. The molecule has 1 unspecified atom stereocenters. The van der Waals surface area contributed by atoms with Gasteiger partial charge in [-0.2, -0.15) is 5.26 Å². The van der Waals surface area contributed by atoms with Crippen molar-refractivity contribution in [2.45, 2.75) is 39.2 Å². The van der Waals surface area contributed by atoms with Crippen molar-refractivity contribution in [1.29, 1.82) is 5.26 Å². The van der Waals surface area contributed by atoms with Crippen LogP contribution in [0, 0.1) is 24.2 Å². The zero-order valence-electron chi connectivity index (χ0n) is 11.2. The number of benzene rings is 1. The van der Waals surface area contributed by atoms with Crippen LogP contribution in [-0.4, -0.2) is 12.1 Å². The predicted octanol–water partition coefficient (Wildman–Crippen LogP) is 4.17. The third kappa shape index (κ3) is 2.33. The second kappa shape index (κ2) is 4.82. The summed E-state index contributed by atoms with van der Waals surface area (Å²) in [6, 6.07) is 8.34. The SMILES string of the molecule is Cc1c(Cl)cccc1N1CC(CC#N)CC1(C)C. The second-order valence-corrected chi connectivity index (χ2v) is 6.15. The van der Waals surface area contributed by atoms with Crippen LogP contribution in [-0.2, 0) is 0 Å². The van der Waals surface area contributed by atoms with E-state index in [4.69, 9.17) is 16.9 Å². The van der Waals surface area contributed by atoms with Crippen molar-refractivity contribution in [3.8, 4) is 6.07 Å². The Kier molecular flexibility index (Phi) is 3.54. The van der Waals surface area contributed by atoms with Crippen molar-refractivity contribution in [2.24, 2.45) is 5.92 Å². The summed E-state index contributed by atoms with van der Waals surface area (Å²) in [6.07, 6.45) is 1.70. The molecular formula is C15H19ClN2. The second-order valence-electron chi connectivity index (χ2n) is 5.74. The number of nitrogens with zero attached hydrogens (tertiary/aromatic N) is 2. The number of anilines is 1. The van der Waals surface area contributed by atoms with E-state index in [1.54, 1.807) is 0 Å². The highest BCUT2D eigenvalue weighted by Gasteiger charge is 2.38. The zero-order chi connectivity index (χ0) is 13.3. The molecule has 1 aromatic rings. The van der Waals surface area contributed by atoms with E-state index in [9.17, 15) is 0 Å². The molecule has 0 bridgehead atoms. The van der Waals surface area contributed by atoms with E-state index >= 15 is 0 Å². The molecule has 1 aromatic carbocycles. The summed E-state index contributed by atoms with van der Waals surface area (Å²) in [5.41, 5.74) is 2.43. The number of hydrogen-bond acceptors (Lipinski definition) is 2. The quantitative estimate of drug-likeness (QED) is 0.800. The highest BCUT2D eigenvalue weighted by atomic mass is 35.5. The van der Waals surface area contributed by atoms with Crippen molar-refractivity contribution < 1.29 is 0 Å². The summed E-state index contributed by atoms with van der Waals surface area (Å²) in [5, 5.41) is 9.67. The molecule has 1 fully saturated rings. The lowest BCUT2D eigenvalue weighted by Crippen LogP contribution is -2.38. The summed E-state index contributed by atoms with van der Waals surface area (Å²) >= 11 is 6.20. The molecule has 1 saturated heterocycles. The lowest BCUT2D eigenvalue weighted by Gasteiger charge is -2.35. The molecule has 2 nitrogen and oxygen atoms in total. The van der Waals surface area contributed by atoms with Gasteiger partial charge in [-0.1, -0.05) is 17.7 Å². The molecule has 1 aliphatic heterocycles. The van der Waals surface area contributed by atoms with Gasteiger partial charge in [-0.3, -0.25) is 0 Å². The maximum atomic E-state index is 8.86. The minimum Gasteiger partial charge on any atom is -0.366 e. The van der Waals surface area contributed by atoms with E-state index in [2.05, 4.69) is 37.8 Å². The van der Waals surface area contributed by atoms with Crippen molar-refractivity contribution in [1.82, 2.24) is 0 Å². The molecule has 0 radical (unpaired) electrons. The Hall–Kier alpha value is -1.20. The smallest absolute Gasteiger partial charge is 0.0625 e. The molecule has 1 atom stereocenters. The first kappa shape index (κ1) is 13.2. The van der Waals surface area contributed by atoms with Crippen LogP contribution in [0.1, 0.15) is 32.3 Å². The zero-order valence-corrected chi connectivity index (χ0v) is 12.0. The fourth-order valence-corrected chi connectivity index (χ4v) is 3.13. The monoisotopic (exact) mass is 262 g/mol. The molecule has 3 heteroatoms. The minimum absolute atomic E-state index is 0.0942. The summed E-state index contributed by atoms with van der Waals surface area (Å²) in [6.45, 7) is 7.49. The van der Waals surface area contributed by atoms with Crippen LogP contribution in [0.2, 0.25) is 5.02 Å². The number of nitriles is 1. The van der Waals surface area contributed by atoms with Gasteiger partial charge in [0.25, 0.3) is 0 Å². The molecule has 0 saturated carbocycles. The molecule has 1 heterocycles. The van der Waals surface area contributed by atoms with Gasteiger partial charge in [0.2, 0.25) is 0 Å². The Labute approximate surface area is 114 Å². The lowest BCUT2D eigenvalue weighted by molar-refractivity contribution is 0.476.